The molecule has 17 heavy (non-hydrogen) atoms. The van der Waals surface area contributed by atoms with E-state index in [9.17, 15) is 4.91 Å². The van der Waals surface area contributed by atoms with Crippen LogP contribution in [0.4, 0.5) is 0 Å². The van der Waals surface area contributed by atoms with Crippen LogP contribution in [-0.4, -0.2) is 5.01 Å². The first-order chi connectivity index (χ1) is 8.42. The number of nitrogens with zero attached hydrogens (tertiary/aromatic N) is 2. The molecule has 0 N–H and O–H groups in total. The van der Waals surface area contributed by atoms with Crippen molar-refractivity contribution >= 4 is 0 Å². The minimum Gasteiger partial charge on any atom is -0.237 e. The molecule has 2 aliphatic rings. The third-order valence-corrected chi connectivity index (χ3v) is 3.79. The van der Waals surface area contributed by atoms with Crippen LogP contribution in [0.1, 0.15) is 34.3 Å². The Morgan fingerprint density at radius 2 is 1.12 bits per heavy atom. The summed E-state index contributed by atoms with van der Waals surface area (Å²) >= 11 is 0. The van der Waals surface area contributed by atoms with Gasteiger partial charge in [0.25, 0.3) is 0 Å². The van der Waals surface area contributed by atoms with Crippen LogP contribution < -0.4 is 0 Å². The van der Waals surface area contributed by atoms with Crippen molar-refractivity contribution in [1.82, 2.24) is 5.01 Å². The zero-order chi connectivity index (χ0) is 11.4. The van der Waals surface area contributed by atoms with Gasteiger partial charge in [-0.1, -0.05) is 48.5 Å². The number of hydrogen-bond donors (Lipinski definition) is 0. The van der Waals surface area contributed by atoms with Gasteiger partial charge >= 0.3 is 0 Å². The molecule has 3 heteroatoms. The fourth-order valence-electron chi connectivity index (χ4n) is 3.17. The van der Waals surface area contributed by atoms with Crippen molar-refractivity contribution in [1.29, 1.82) is 0 Å². The van der Waals surface area contributed by atoms with E-state index in [0.29, 0.717) is 0 Å². The van der Waals surface area contributed by atoms with Crippen molar-refractivity contribution in [3.8, 4) is 0 Å². The largest absolute Gasteiger partial charge is 0.237 e. The predicted octanol–water partition coefficient (Wildman–Crippen LogP) is 3.18. The van der Waals surface area contributed by atoms with Gasteiger partial charge in [0, 0.05) is 0 Å². The Bertz CT molecular complexity index is 526. The van der Waals surface area contributed by atoms with E-state index in [4.69, 9.17) is 0 Å². The Kier molecular flexibility index (Phi) is 1.55. The van der Waals surface area contributed by atoms with E-state index in [1.807, 2.05) is 24.3 Å². The Balaban J connectivity index is 2.04. The highest BCUT2D eigenvalue weighted by Gasteiger charge is 2.48. The average molecular weight is 222 g/mol. The van der Waals surface area contributed by atoms with E-state index in [1.54, 1.807) is 5.01 Å². The smallest absolute Gasteiger partial charge is 0.102 e. The highest BCUT2D eigenvalue weighted by Crippen LogP contribution is 2.55. The van der Waals surface area contributed by atoms with Crippen LogP contribution in [-0.2, 0) is 0 Å². The molecule has 0 radical (unpaired) electrons. The fraction of sp³-hybridized carbons (Fsp3) is 0.143. The van der Waals surface area contributed by atoms with Crippen molar-refractivity contribution < 1.29 is 0 Å². The molecular weight excluding hydrogens is 212 g/mol. The molecule has 0 aliphatic carbocycles. The molecule has 2 aliphatic heterocycles. The van der Waals surface area contributed by atoms with Gasteiger partial charge in [-0.05, 0) is 22.3 Å². The lowest BCUT2D eigenvalue weighted by molar-refractivity contribution is 0.246. The molecule has 82 valence electrons. The van der Waals surface area contributed by atoms with Crippen LogP contribution in [0.15, 0.2) is 53.8 Å². The Hall–Kier alpha value is -2.16. The first kappa shape index (κ1) is 8.93. The lowest BCUT2D eigenvalue weighted by atomic mass is 9.86. The first-order valence-corrected chi connectivity index (χ1v) is 5.71. The number of rotatable bonds is 1. The molecule has 2 bridgehead atoms. The van der Waals surface area contributed by atoms with Gasteiger partial charge in [-0.2, -0.15) is 0 Å². The summed E-state index contributed by atoms with van der Waals surface area (Å²) in [6, 6.07) is 16.5. The molecule has 0 fully saturated rings. The third-order valence-electron chi connectivity index (χ3n) is 3.79. The van der Waals surface area contributed by atoms with E-state index in [1.165, 1.54) is 22.3 Å². The maximum Gasteiger partial charge on any atom is 0.102 e. The zero-order valence-corrected chi connectivity index (χ0v) is 9.08. The number of hydrogen-bond acceptors (Lipinski definition) is 2. The van der Waals surface area contributed by atoms with E-state index in [0.717, 1.165) is 0 Å². The number of nitroso groups, excluding NO2 is 1. The summed E-state index contributed by atoms with van der Waals surface area (Å²) < 4.78 is 0. The summed E-state index contributed by atoms with van der Waals surface area (Å²) in [5.41, 5.74) is 4.87. The van der Waals surface area contributed by atoms with Gasteiger partial charge in [-0.15, -0.1) is 4.91 Å². The van der Waals surface area contributed by atoms with Crippen LogP contribution in [0, 0.1) is 4.91 Å². The van der Waals surface area contributed by atoms with Crippen LogP contribution in [0.2, 0.25) is 0 Å². The van der Waals surface area contributed by atoms with Crippen molar-refractivity contribution in [3.63, 3.8) is 0 Å². The highest BCUT2D eigenvalue weighted by molar-refractivity contribution is 5.56. The highest BCUT2D eigenvalue weighted by atomic mass is 16.3. The van der Waals surface area contributed by atoms with Gasteiger partial charge < -0.3 is 0 Å². The minimum atomic E-state index is 0.0184. The molecule has 0 spiro atoms. The second-order valence-corrected chi connectivity index (χ2v) is 4.52. The summed E-state index contributed by atoms with van der Waals surface area (Å²) in [4.78, 5) is 11.1. The standard InChI is InChI=1S/C14H10N2O/c17-15-16-13-9-5-1-2-6-10(9)14(16)12-8-4-3-7-11(12)13/h1-8,13-14H. The quantitative estimate of drug-likeness (QED) is 0.694. The van der Waals surface area contributed by atoms with E-state index < -0.39 is 0 Å². The third kappa shape index (κ3) is 0.923. The molecule has 0 aromatic heterocycles. The maximum absolute atomic E-state index is 11.1. The van der Waals surface area contributed by atoms with E-state index in [2.05, 4.69) is 29.6 Å². The molecule has 0 unspecified atom stereocenters. The first-order valence-electron chi connectivity index (χ1n) is 5.71. The SMILES string of the molecule is O=NN1C2c3ccccc3C1c1ccccc12. The topological polar surface area (TPSA) is 32.7 Å². The molecule has 0 saturated carbocycles. The Morgan fingerprint density at radius 3 is 1.41 bits per heavy atom. The summed E-state index contributed by atoms with van der Waals surface area (Å²) in [7, 11) is 0. The van der Waals surface area contributed by atoms with E-state index >= 15 is 0 Å². The lowest BCUT2D eigenvalue weighted by Gasteiger charge is -2.14. The molecule has 4 rings (SSSR count). The summed E-state index contributed by atoms with van der Waals surface area (Å²) in [5, 5.41) is 4.90. The molecule has 0 saturated heterocycles. The molecule has 2 aromatic rings. The van der Waals surface area contributed by atoms with Crippen molar-refractivity contribution in [3.05, 3.63) is 75.7 Å². The maximum atomic E-state index is 11.1. The molecule has 3 nitrogen and oxygen atoms in total. The zero-order valence-electron chi connectivity index (χ0n) is 9.08. The van der Waals surface area contributed by atoms with Crippen LogP contribution in [0.5, 0.6) is 0 Å². The van der Waals surface area contributed by atoms with Gasteiger partial charge in [0.1, 0.15) is 12.1 Å². The van der Waals surface area contributed by atoms with Gasteiger partial charge in [0.05, 0.1) is 5.29 Å². The lowest BCUT2D eigenvalue weighted by Crippen LogP contribution is -2.12. The Labute approximate surface area is 98.6 Å². The number of fused-ring (bicyclic) bond motifs is 8. The summed E-state index contributed by atoms with van der Waals surface area (Å²) in [6.07, 6.45) is 0. The van der Waals surface area contributed by atoms with Crippen molar-refractivity contribution in [2.45, 2.75) is 12.1 Å². The van der Waals surface area contributed by atoms with Gasteiger partial charge in [-0.25, -0.2) is 5.01 Å². The second-order valence-electron chi connectivity index (χ2n) is 4.52. The normalized spacial score (nSPS) is 23.4. The summed E-state index contributed by atoms with van der Waals surface area (Å²) in [5.74, 6) is 0. The van der Waals surface area contributed by atoms with Crippen molar-refractivity contribution in [2.24, 2.45) is 5.29 Å². The van der Waals surface area contributed by atoms with Gasteiger partial charge in [-0.3, -0.25) is 0 Å². The van der Waals surface area contributed by atoms with Crippen molar-refractivity contribution in [2.75, 3.05) is 0 Å². The average Bonchev–Trinajstić information content (AvgIpc) is 2.90. The monoisotopic (exact) mass is 222 g/mol. The van der Waals surface area contributed by atoms with E-state index in [-0.39, 0.29) is 12.1 Å². The molecule has 2 aromatic carbocycles. The van der Waals surface area contributed by atoms with Crippen LogP contribution in [0.25, 0.3) is 0 Å². The fourth-order valence-corrected chi connectivity index (χ4v) is 3.17. The number of benzene rings is 2. The Morgan fingerprint density at radius 1 is 0.765 bits per heavy atom. The molecule has 0 amide bonds. The molecular formula is C14H10N2O. The van der Waals surface area contributed by atoms with Crippen LogP contribution in [0.3, 0.4) is 0 Å². The second kappa shape index (κ2) is 2.94. The molecule has 0 atom stereocenters. The predicted molar refractivity (Wildman–Crippen MR) is 64.2 cm³/mol. The minimum absolute atomic E-state index is 0.0184. The molecule has 2 heterocycles. The summed E-state index contributed by atoms with van der Waals surface area (Å²) in [6.45, 7) is 0. The van der Waals surface area contributed by atoms with Gasteiger partial charge in [0.2, 0.25) is 0 Å². The van der Waals surface area contributed by atoms with Crippen LogP contribution >= 0.6 is 0 Å². The van der Waals surface area contributed by atoms with Gasteiger partial charge in [0.15, 0.2) is 0 Å².